The summed E-state index contributed by atoms with van der Waals surface area (Å²) in [6.07, 6.45) is 3.05. The first-order valence-electron chi connectivity index (χ1n) is 6.90. The highest BCUT2D eigenvalue weighted by Gasteiger charge is 2.55. The van der Waals surface area contributed by atoms with Crippen molar-refractivity contribution < 1.29 is 13.0 Å². The molecule has 2 N–H and O–H groups in total. The van der Waals surface area contributed by atoms with Gasteiger partial charge in [0, 0.05) is 6.04 Å². The molecule has 0 saturated heterocycles. The number of hydrogen-bond donors (Lipinski definition) is 2. The monoisotopic (exact) mass is 275 g/mol. The molecule has 4 nitrogen and oxygen atoms in total. The first-order valence-corrected chi connectivity index (χ1v) is 8.51. The first-order chi connectivity index (χ1) is 8.22. The van der Waals surface area contributed by atoms with Crippen molar-refractivity contribution in [2.75, 3.05) is 12.3 Å². The maximum atomic E-state index is 10.6. The zero-order valence-electron chi connectivity index (χ0n) is 11.5. The van der Waals surface area contributed by atoms with Gasteiger partial charge in [-0.25, -0.2) is 0 Å². The summed E-state index contributed by atoms with van der Waals surface area (Å²) in [6.45, 7) is 7.73. The van der Waals surface area contributed by atoms with Gasteiger partial charge in [-0.3, -0.25) is 4.55 Å². The van der Waals surface area contributed by atoms with Crippen molar-refractivity contribution in [2.24, 2.45) is 23.2 Å². The lowest BCUT2D eigenvalue weighted by molar-refractivity contribution is -0.114. The van der Waals surface area contributed by atoms with Crippen molar-refractivity contribution in [2.45, 2.75) is 46.1 Å². The Bertz CT molecular complexity index is 404. The molecule has 0 spiro atoms. The average Bonchev–Trinajstić information content (AvgIpc) is 2.24. The molecule has 0 aromatic heterocycles. The molecule has 0 aromatic carbocycles. The molecule has 0 aromatic rings. The van der Waals surface area contributed by atoms with Gasteiger partial charge in [-0.2, -0.15) is 8.42 Å². The molecule has 0 amide bonds. The van der Waals surface area contributed by atoms with Crippen molar-refractivity contribution in [3.05, 3.63) is 0 Å². The third kappa shape index (κ3) is 2.73. The SMILES string of the molecule is CC1[C@H]2CC(C[C@H]1NCCCS(=O)(=O)O)C2(C)C. The molecule has 2 unspecified atom stereocenters. The number of hydrogen-bond acceptors (Lipinski definition) is 3. The summed E-state index contributed by atoms with van der Waals surface area (Å²) in [6, 6.07) is 0.517. The number of fused-ring (bicyclic) bond motifs is 2. The smallest absolute Gasteiger partial charge is 0.264 e. The van der Waals surface area contributed by atoms with E-state index in [2.05, 4.69) is 26.1 Å². The topological polar surface area (TPSA) is 66.4 Å². The Labute approximate surface area is 110 Å². The van der Waals surface area contributed by atoms with Gasteiger partial charge >= 0.3 is 0 Å². The maximum absolute atomic E-state index is 10.6. The van der Waals surface area contributed by atoms with Crippen molar-refractivity contribution in [3.8, 4) is 0 Å². The molecule has 3 rings (SSSR count). The normalized spacial score (nSPS) is 38.2. The van der Waals surface area contributed by atoms with Crippen molar-refractivity contribution in [1.29, 1.82) is 0 Å². The Morgan fingerprint density at radius 1 is 1.33 bits per heavy atom. The molecule has 2 bridgehead atoms. The van der Waals surface area contributed by atoms with Gasteiger partial charge in [0.1, 0.15) is 0 Å². The van der Waals surface area contributed by atoms with Gasteiger partial charge in [-0.15, -0.1) is 0 Å². The fourth-order valence-electron chi connectivity index (χ4n) is 3.96. The van der Waals surface area contributed by atoms with E-state index < -0.39 is 10.1 Å². The maximum Gasteiger partial charge on any atom is 0.264 e. The molecule has 4 atom stereocenters. The lowest BCUT2D eigenvalue weighted by Crippen LogP contribution is -2.60. The Morgan fingerprint density at radius 3 is 2.50 bits per heavy atom. The molecule has 3 aliphatic rings. The van der Waals surface area contributed by atoms with E-state index in [0.717, 1.165) is 11.8 Å². The van der Waals surface area contributed by atoms with Gasteiger partial charge in [0.2, 0.25) is 0 Å². The fourth-order valence-corrected chi connectivity index (χ4v) is 4.47. The third-order valence-electron chi connectivity index (χ3n) is 5.34. The van der Waals surface area contributed by atoms with Gasteiger partial charge in [0.15, 0.2) is 0 Å². The summed E-state index contributed by atoms with van der Waals surface area (Å²) in [5.41, 5.74) is 0.492. The predicted molar refractivity (Wildman–Crippen MR) is 72.0 cm³/mol. The summed E-state index contributed by atoms with van der Waals surface area (Å²) < 4.78 is 29.9. The lowest BCUT2D eigenvalue weighted by Gasteiger charge is -2.62. The average molecular weight is 275 g/mol. The standard InChI is InChI=1S/C13H25NO3S/c1-9-11-7-10(13(11,2)3)8-12(9)14-5-4-6-18(15,16)17/h9-12,14H,4-8H2,1-3H3,(H,15,16,17)/t9?,10?,11-,12-/m1/s1. The minimum Gasteiger partial charge on any atom is -0.314 e. The van der Waals surface area contributed by atoms with E-state index in [9.17, 15) is 8.42 Å². The minimum absolute atomic E-state index is 0.139. The van der Waals surface area contributed by atoms with Gasteiger partial charge in [-0.1, -0.05) is 20.8 Å². The molecule has 106 valence electrons. The van der Waals surface area contributed by atoms with Crippen LogP contribution in [-0.4, -0.2) is 31.3 Å². The quantitative estimate of drug-likeness (QED) is 0.594. The van der Waals surface area contributed by atoms with Crippen LogP contribution in [-0.2, 0) is 10.1 Å². The van der Waals surface area contributed by atoms with Crippen LogP contribution >= 0.6 is 0 Å². The van der Waals surface area contributed by atoms with E-state index >= 15 is 0 Å². The summed E-state index contributed by atoms with van der Waals surface area (Å²) >= 11 is 0. The first kappa shape index (κ1) is 14.3. The molecule has 3 saturated carbocycles. The Morgan fingerprint density at radius 2 is 2.00 bits per heavy atom. The van der Waals surface area contributed by atoms with Gasteiger partial charge < -0.3 is 5.32 Å². The highest BCUT2D eigenvalue weighted by molar-refractivity contribution is 7.85. The van der Waals surface area contributed by atoms with Crippen LogP contribution in [0.1, 0.15) is 40.0 Å². The zero-order chi connectivity index (χ0) is 13.6. The van der Waals surface area contributed by atoms with E-state index in [4.69, 9.17) is 4.55 Å². The highest BCUT2D eigenvalue weighted by atomic mass is 32.2. The fraction of sp³-hybridized carbons (Fsp3) is 1.00. The van der Waals surface area contributed by atoms with E-state index in [0.29, 0.717) is 30.3 Å². The second-order valence-corrected chi connectivity index (χ2v) is 8.23. The molecule has 0 radical (unpaired) electrons. The summed E-state index contributed by atoms with van der Waals surface area (Å²) in [5, 5.41) is 3.47. The van der Waals surface area contributed by atoms with E-state index in [1.807, 2.05) is 0 Å². The van der Waals surface area contributed by atoms with Crippen LogP contribution < -0.4 is 5.32 Å². The Hall–Kier alpha value is -0.130. The Balaban J connectivity index is 1.76. The van der Waals surface area contributed by atoms with Gasteiger partial charge in [0.05, 0.1) is 5.75 Å². The molecule has 5 heteroatoms. The van der Waals surface area contributed by atoms with Crippen molar-refractivity contribution >= 4 is 10.1 Å². The van der Waals surface area contributed by atoms with Crippen LogP contribution in [0.4, 0.5) is 0 Å². The summed E-state index contributed by atoms with van der Waals surface area (Å²) in [7, 11) is -3.80. The number of nitrogens with one attached hydrogen (secondary N) is 1. The summed E-state index contributed by atoms with van der Waals surface area (Å²) in [5.74, 6) is 2.14. The van der Waals surface area contributed by atoms with Gasteiger partial charge in [0.25, 0.3) is 10.1 Å². The molecule has 3 aliphatic carbocycles. The van der Waals surface area contributed by atoms with Crippen LogP contribution in [0.5, 0.6) is 0 Å². The van der Waals surface area contributed by atoms with Crippen LogP contribution in [0.2, 0.25) is 0 Å². The summed E-state index contributed by atoms with van der Waals surface area (Å²) in [4.78, 5) is 0. The lowest BCUT2D eigenvalue weighted by atomic mass is 9.45. The minimum atomic E-state index is -3.80. The van der Waals surface area contributed by atoms with Crippen LogP contribution in [0.25, 0.3) is 0 Å². The second-order valence-electron chi connectivity index (χ2n) is 6.66. The van der Waals surface area contributed by atoms with Crippen LogP contribution in [0, 0.1) is 23.2 Å². The molecular formula is C13H25NO3S. The van der Waals surface area contributed by atoms with E-state index in [1.54, 1.807) is 0 Å². The molecule has 3 fully saturated rings. The molecular weight excluding hydrogens is 250 g/mol. The molecule has 18 heavy (non-hydrogen) atoms. The van der Waals surface area contributed by atoms with E-state index in [1.165, 1.54) is 12.8 Å². The van der Waals surface area contributed by atoms with E-state index in [-0.39, 0.29) is 5.75 Å². The van der Waals surface area contributed by atoms with Crippen LogP contribution in [0.15, 0.2) is 0 Å². The Kier molecular flexibility index (Phi) is 3.78. The van der Waals surface area contributed by atoms with Crippen molar-refractivity contribution in [3.63, 3.8) is 0 Å². The van der Waals surface area contributed by atoms with Crippen LogP contribution in [0.3, 0.4) is 0 Å². The van der Waals surface area contributed by atoms with Gasteiger partial charge in [-0.05, 0) is 49.0 Å². The second kappa shape index (κ2) is 4.76. The largest absolute Gasteiger partial charge is 0.314 e. The molecule has 0 aliphatic heterocycles. The number of rotatable bonds is 5. The molecule has 0 heterocycles. The predicted octanol–water partition coefficient (Wildman–Crippen LogP) is 1.92. The zero-order valence-corrected chi connectivity index (χ0v) is 12.3. The third-order valence-corrected chi connectivity index (χ3v) is 6.14. The highest BCUT2D eigenvalue weighted by Crippen LogP contribution is 2.61. The van der Waals surface area contributed by atoms with Crippen molar-refractivity contribution in [1.82, 2.24) is 5.32 Å².